The zero-order valence-electron chi connectivity index (χ0n) is 43.3. The molecule has 14 rings (SSSR count). The van der Waals surface area contributed by atoms with E-state index in [-0.39, 0.29) is 39.3 Å². The second-order valence-electron chi connectivity index (χ2n) is 27.4. The number of anilines is 8. The number of para-hydroxylation sites is 1. The molecule has 1 saturated carbocycles. The van der Waals surface area contributed by atoms with Crippen molar-refractivity contribution in [3.8, 4) is 0 Å². The maximum atomic E-state index is 2.87. The number of benzene rings is 6. The fraction of sp³-hybridized carbons (Fsp3) is 0.446. The van der Waals surface area contributed by atoms with Gasteiger partial charge in [0.05, 0.1) is 5.54 Å². The van der Waals surface area contributed by atoms with Crippen LogP contribution in [0.25, 0.3) is 0 Å². The second-order valence-corrected chi connectivity index (χ2v) is 27.4. The molecular weight excluding hydrogens is 834 g/mol. The van der Waals surface area contributed by atoms with Gasteiger partial charge in [-0.2, -0.15) is 0 Å². The molecule has 3 aliphatic heterocycles. The highest BCUT2D eigenvalue weighted by molar-refractivity contribution is 7.00. The molecule has 8 aliphatic rings. The summed E-state index contributed by atoms with van der Waals surface area (Å²) in [6.45, 7) is 25.1. The molecule has 2 atom stereocenters. The van der Waals surface area contributed by atoms with Crippen molar-refractivity contribution in [1.82, 2.24) is 0 Å². The van der Waals surface area contributed by atoms with Gasteiger partial charge in [0.2, 0.25) is 0 Å². The van der Waals surface area contributed by atoms with Gasteiger partial charge in [0.1, 0.15) is 0 Å². The molecule has 0 N–H and O–H groups in total. The van der Waals surface area contributed by atoms with Crippen LogP contribution < -0.4 is 31.1 Å². The maximum Gasteiger partial charge on any atom is 0.252 e. The van der Waals surface area contributed by atoms with Crippen LogP contribution in [0.2, 0.25) is 0 Å². The lowest BCUT2D eigenvalue weighted by atomic mass is 9.33. The van der Waals surface area contributed by atoms with E-state index in [0.29, 0.717) is 0 Å². The van der Waals surface area contributed by atoms with Crippen LogP contribution in [0.15, 0.2) is 97.1 Å². The van der Waals surface area contributed by atoms with Gasteiger partial charge in [-0.05, 0) is 214 Å². The molecule has 69 heavy (non-hydrogen) atoms. The zero-order valence-corrected chi connectivity index (χ0v) is 43.3. The third-order valence-corrected chi connectivity index (χ3v) is 19.5. The number of hydrogen-bond donors (Lipinski definition) is 0. The van der Waals surface area contributed by atoms with Crippen molar-refractivity contribution in [1.29, 1.82) is 0 Å². The predicted octanol–water partition coefficient (Wildman–Crippen LogP) is 14.4. The minimum Gasteiger partial charge on any atom is -0.334 e. The molecule has 3 nitrogen and oxygen atoms in total. The summed E-state index contributed by atoms with van der Waals surface area (Å²) in [4.78, 5) is 8.41. The first-order valence-corrected chi connectivity index (χ1v) is 27.0. The SMILES string of the molecule is CC1(C)Cc2ccc(N3c4cc5c(cc4B4c6cc7c(cc6N(c6ccc8c(c6)CC(C)(C)C8)c6cc(N8c9ccccc9C9(C)CCCCCC89C)cc3c64)CC(C)(C)C7)CC(C)(C)C5)cc2C1. The van der Waals surface area contributed by atoms with Crippen molar-refractivity contribution in [2.24, 2.45) is 21.7 Å². The molecular formula is C65H72BN3. The Morgan fingerprint density at radius 2 is 0.812 bits per heavy atom. The lowest BCUT2D eigenvalue weighted by Gasteiger charge is -2.48. The third kappa shape index (κ3) is 6.11. The first-order valence-electron chi connectivity index (χ1n) is 27.0. The van der Waals surface area contributed by atoms with E-state index in [2.05, 4.69) is 181 Å². The van der Waals surface area contributed by atoms with Crippen LogP contribution in [0.1, 0.15) is 151 Å². The Labute approximate surface area is 413 Å². The van der Waals surface area contributed by atoms with Crippen molar-refractivity contribution in [2.45, 2.75) is 164 Å². The molecule has 2 unspecified atom stereocenters. The molecule has 5 aliphatic carbocycles. The minimum absolute atomic E-state index is 0.0363. The van der Waals surface area contributed by atoms with Crippen molar-refractivity contribution >= 4 is 68.6 Å². The fourth-order valence-corrected chi connectivity index (χ4v) is 16.4. The molecule has 6 aromatic carbocycles. The second kappa shape index (κ2) is 13.8. The Hall–Kier alpha value is -5.22. The number of rotatable bonds is 3. The molecule has 0 radical (unpaired) electrons. The van der Waals surface area contributed by atoms with Gasteiger partial charge in [0, 0.05) is 50.9 Å². The molecule has 0 bridgehead atoms. The Morgan fingerprint density at radius 1 is 0.377 bits per heavy atom. The molecule has 4 heteroatoms. The summed E-state index contributed by atoms with van der Waals surface area (Å²) in [5, 5.41) is 0. The topological polar surface area (TPSA) is 9.72 Å². The van der Waals surface area contributed by atoms with Crippen LogP contribution in [0, 0.1) is 21.7 Å². The number of hydrogen-bond acceptors (Lipinski definition) is 3. The molecule has 0 spiro atoms. The summed E-state index contributed by atoms with van der Waals surface area (Å²) >= 11 is 0. The summed E-state index contributed by atoms with van der Waals surface area (Å²) in [7, 11) is 0. The van der Waals surface area contributed by atoms with E-state index in [4.69, 9.17) is 0 Å². The lowest BCUT2D eigenvalue weighted by molar-refractivity contribution is 0.261. The monoisotopic (exact) mass is 906 g/mol. The Kier molecular flexibility index (Phi) is 8.53. The summed E-state index contributed by atoms with van der Waals surface area (Å²) in [6, 6.07) is 40.8. The molecule has 0 aromatic heterocycles. The van der Waals surface area contributed by atoms with Gasteiger partial charge >= 0.3 is 0 Å². The fourth-order valence-electron chi connectivity index (χ4n) is 16.4. The minimum atomic E-state index is -0.0839. The molecule has 3 heterocycles. The van der Waals surface area contributed by atoms with E-state index in [1.807, 2.05) is 0 Å². The molecule has 0 saturated heterocycles. The Morgan fingerprint density at radius 3 is 1.32 bits per heavy atom. The van der Waals surface area contributed by atoms with Crippen LogP contribution in [0.4, 0.5) is 45.5 Å². The van der Waals surface area contributed by atoms with Gasteiger partial charge in [0.25, 0.3) is 6.71 Å². The van der Waals surface area contributed by atoms with Crippen molar-refractivity contribution < 1.29 is 0 Å². The van der Waals surface area contributed by atoms with Crippen LogP contribution in [-0.2, 0) is 56.8 Å². The van der Waals surface area contributed by atoms with Gasteiger partial charge in [-0.25, -0.2) is 0 Å². The zero-order chi connectivity index (χ0) is 47.4. The van der Waals surface area contributed by atoms with Crippen LogP contribution >= 0.6 is 0 Å². The van der Waals surface area contributed by atoms with Crippen molar-refractivity contribution in [3.63, 3.8) is 0 Å². The third-order valence-electron chi connectivity index (χ3n) is 19.5. The van der Waals surface area contributed by atoms with E-state index in [0.717, 1.165) is 51.4 Å². The molecule has 0 amide bonds. The molecule has 1 fully saturated rings. The summed E-state index contributed by atoms with van der Waals surface area (Å²) in [5.74, 6) is 0. The van der Waals surface area contributed by atoms with E-state index >= 15 is 0 Å². The van der Waals surface area contributed by atoms with Gasteiger partial charge in [-0.15, -0.1) is 0 Å². The summed E-state index contributed by atoms with van der Waals surface area (Å²) < 4.78 is 0. The van der Waals surface area contributed by atoms with Crippen molar-refractivity contribution in [3.05, 3.63) is 147 Å². The maximum absolute atomic E-state index is 2.87. The highest BCUT2D eigenvalue weighted by Crippen LogP contribution is 2.61. The highest BCUT2D eigenvalue weighted by atomic mass is 15.3. The van der Waals surface area contributed by atoms with E-state index < -0.39 is 0 Å². The first-order chi connectivity index (χ1) is 32.8. The highest BCUT2D eigenvalue weighted by Gasteiger charge is 2.57. The van der Waals surface area contributed by atoms with Crippen LogP contribution in [0.5, 0.6) is 0 Å². The first kappa shape index (κ1) is 42.6. The average molecular weight is 906 g/mol. The van der Waals surface area contributed by atoms with Gasteiger partial charge in [-0.3, -0.25) is 0 Å². The van der Waals surface area contributed by atoms with E-state index in [1.54, 1.807) is 11.1 Å². The quantitative estimate of drug-likeness (QED) is 0.164. The molecule has 6 aromatic rings. The largest absolute Gasteiger partial charge is 0.334 e. The number of fused-ring (bicyclic) bond motifs is 11. The Bertz CT molecular complexity index is 3070. The number of nitrogens with zero attached hydrogens (tertiary/aromatic N) is 3. The van der Waals surface area contributed by atoms with E-state index in [1.165, 1.54) is 133 Å². The van der Waals surface area contributed by atoms with Gasteiger partial charge in [0.15, 0.2) is 0 Å². The lowest BCUT2D eigenvalue weighted by Crippen LogP contribution is -2.61. The van der Waals surface area contributed by atoms with Crippen molar-refractivity contribution in [2.75, 3.05) is 14.7 Å². The smallest absolute Gasteiger partial charge is 0.252 e. The predicted molar refractivity (Wildman–Crippen MR) is 293 cm³/mol. The standard InChI is InChI=1S/C65H72BN3/c1-60(2)32-40-18-20-48(24-42(40)34-60)67-55-28-46-38-62(5,6)36-44(46)26-52(55)66-53-27-45-37-63(7,8)39-47(45)29-56(53)68(49-21-19-41-33-61(3,4)35-43(41)25-49)58-31-50(30-57(67)59(58)66)69-54-17-13-12-16-51(54)64(9)22-14-11-15-23-65(64,69)10/h12-13,16-21,24-31H,11,14-15,22-23,32-39H2,1-10H3. The van der Waals surface area contributed by atoms with Gasteiger partial charge < -0.3 is 14.7 Å². The average Bonchev–Trinajstić information content (AvgIpc) is 3.99. The molecule has 350 valence electrons. The normalized spacial score (nSPS) is 25.2. The Balaban J connectivity index is 1.10. The van der Waals surface area contributed by atoms with Crippen LogP contribution in [-0.4, -0.2) is 12.3 Å². The summed E-state index contributed by atoms with van der Waals surface area (Å²) in [5.41, 5.74) is 30.0. The van der Waals surface area contributed by atoms with E-state index in [9.17, 15) is 0 Å². The van der Waals surface area contributed by atoms with Crippen LogP contribution in [0.3, 0.4) is 0 Å². The summed E-state index contributed by atoms with van der Waals surface area (Å²) in [6.07, 6.45) is 15.3. The van der Waals surface area contributed by atoms with Gasteiger partial charge in [-0.1, -0.05) is 124 Å².